The first-order chi connectivity index (χ1) is 8.16. The maximum atomic E-state index is 11.9. The van der Waals surface area contributed by atoms with Crippen LogP contribution < -0.4 is 16.0 Å². The number of hydrogen-bond acceptors (Lipinski definition) is 4. The van der Waals surface area contributed by atoms with Crippen molar-refractivity contribution >= 4 is 10.0 Å². The van der Waals surface area contributed by atoms with Gasteiger partial charge < -0.3 is 4.57 Å². The number of sulfonamides is 1. The van der Waals surface area contributed by atoms with Crippen LogP contribution in [0.3, 0.4) is 0 Å². The number of hydrogen-bond donors (Lipinski definition) is 1. The molecule has 1 rings (SSSR count). The average molecular weight is 273 g/mol. The fourth-order valence-electron chi connectivity index (χ4n) is 1.26. The van der Waals surface area contributed by atoms with Crippen molar-refractivity contribution < 1.29 is 8.42 Å². The molecule has 7 nitrogen and oxygen atoms in total. The molecule has 0 spiro atoms. The Balaban J connectivity index is 3.39. The predicted molar refractivity (Wildman–Crippen MR) is 66.9 cm³/mol. The quantitative estimate of drug-likeness (QED) is 0.708. The lowest BCUT2D eigenvalue weighted by atomic mass is 10.4. The Morgan fingerprint density at radius 2 is 1.94 bits per heavy atom. The molecule has 0 aromatic carbocycles. The number of aryl methyl sites for hydroxylation is 1. The lowest BCUT2D eigenvalue weighted by molar-refractivity contribution is 0.574. The van der Waals surface area contributed by atoms with Crippen molar-refractivity contribution in [1.29, 1.82) is 0 Å². The molecular formula is C10H15N3O4S. The summed E-state index contributed by atoms with van der Waals surface area (Å²) in [5, 5.41) is 0. The summed E-state index contributed by atoms with van der Waals surface area (Å²) in [6, 6.07) is 0. The van der Waals surface area contributed by atoms with E-state index >= 15 is 0 Å². The summed E-state index contributed by atoms with van der Waals surface area (Å²) >= 11 is 0. The fourth-order valence-corrected chi connectivity index (χ4v) is 2.51. The zero-order chi connectivity index (χ0) is 14.1. The van der Waals surface area contributed by atoms with Crippen LogP contribution in [-0.2, 0) is 24.1 Å². The molecule has 0 atom stereocenters. The van der Waals surface area contributed by atoms with Crippen LogP contribution in [0.1, 0.15) is 6.92 Å². The van der Waals surface area contributed by atoms with Crippen molar-refractivity contribution in [2.75, 3.05) is 6.54 Å². The number of aromatic nitrogens is 2. The van der Waals surface area contributed by atoms with Crippen LogP contribution in [0.2, 0.25) is 0 Å². The van der Waals surface area contributed by atoms with Crippen LogP contribution in [0.15, 0.2) is 32.8 Å². The molecule has 0 saturated carbocycles. The topological polar surface area (TPSA) is 90.2 Å². The van der Waals surface area contributed by atoms with E-state index in [4.69, 9.17) is 0 Å². The fraction of sp³-hybridized carbons (Fsp3) is 0.400. The van der Waals surface area contributed by atoms with Gasteiger partial charge in [-0.2, -0.15) is 0 Å². The summed E-state index contributed by atoms with van der Waals surface area (Å²) in [4.78, 5) is 22.7. The van der Waals surface area contributed by atoms with Gasteiger partial charge in [-0.25, -0.2) is 17.9 Å². The number of nitrogens with zero attached hydrogens (tertiary/aromatic N) is 2. The highest BCUT2D eigenvalue weighted by Crippen LogP contribution is 2.00. The summed E-state index contributed by atoms with van der Waals surface area (Å²) in [6.07, 6.45) is 1.01. The highest BCUT2D eigenvalue weighted by molar-refractivity contribution is 7.89. The molecule has 1 heterocycles. The van der Waals surface area contributed by atoms with Gasteiger partial charge in [-0.3, -0.25) is 9.36 Å². The van der Waals surface area contributed by atoms with Crippen molar-refractivity contribution in [2.24, 2.45) is 14.1 Å². The lowest BCUT2D eigenvalue weighted by Crippen LogP contribution is -2.41. The van der Waals surface area contributed by atoms with Gasteiger partial charge in [0.25, 0.3) is 5.56 Å². The molecule has 18 heavy (non-hydrogen) atoms. The third kappa shape index (κ3) is 2.77. The molecule has 0 unspecified atom stereocenters. The van der Waals surface area contributed by atoms with Gasteiger partial charge in [0.05, 0.1) is 0 Å². The second-order valence-electron chi connectivity index (χ2n) is 4.03. The minimum Gasteiger partial charge on any atom is -0.302 e. The van der Waals surface area contributed by atoms with Crippen LogP contribution in [0.4, 0.5) is 0 Å². The summed E-state index contributed by atoms with van der Waals surface area (Å²) < 4.78 is 27.8. The highest BCUT2D eigenvalue weighted by Gasteiger charge is 2.20. The average Bonchev–Trinajstić information content (AvgIpc) is 2.28. The largest absolute Gasteiger partial charge is 0.330 e. The van der Waals surface area contributed by atoms with Gasteiger partial charge >= 0.3 is 5.69 Å². The summed E-state index contributed by atoms with van der Waals surface area (Å²) in [6.45, 7) is 5.25. The lowest BCUT2D eigenvalue weighted by Gasteiger charge is -2.08. The zero-order valence-corrected chi connectivity index (χ0v) is 11.2. The van der Waals surface area contributed by atoms with Crippen LogP contribution in [0.5, 0.6) is 0 Å². The Hall–Kier alpha value is -1.67. The van der Waals surface area contributed by atoms with Gasteiger partial charge in [0, 0.05) is 26.8 Å². The molecular weight excluding hydrogens is 258 g/mol. The first kappa shape index (κ1) is 14.4. The van der Waals surface area contributed by atoms with E-state index in [1.807, 2.05) is 0 Å². The predicted octanol–water partition coefficient (Wildman–Crippen LogP) is -1.06. The molecule has 0 radical (unpaired) electrons. The van der Waals surface area contributed by atoms with E-state index in [1.165, 1.54) is 14.1 Å². The van der Waals surface area contributed by atoms with Gasteiger partial charge in [-0.15, -0.1) is 0 Å². The van der Waals surface area contributed by atoms with E-state index in [0.29, 0.717) is 5.57 Å². The van der Waals surface area contributed by atoms with E-state index in [0.717, 1.165) is 15.3 Å². The molecule has 0 saturated heterocycles. The third-order valence-electron chi connectivity index (χ3n) is 2.27. The van der Waals surface area contributed by atoms with E-state index in [9.17, 15) is 18.0 Å². The summed E-state index contributed by atoms with van der Waals surface area (Å²) in [5.41, 5.74) is -0.827. The van der Waals surface area contributed by atoms with Crippen LogP contribution in [0.25, 0.3) is 0 Å². The Morgan fingerprint density at radius 3 is 2.44 bits per heavy atom. The van der Waals surface area contributed by atoms with Gasteiger partial charge in [-0.1, -0.05) is 12.2 Å². The molecule has 1 N–H and O–H groups in total. The Bertz CT molecular complexity index is 697. The molecule has 0 amide bonds. The molecule has 0 aliphatic rings. The molecule has 8 heteroatoms. The third-order valence-corrected chi connectivity index (χ3v) is 3.65. The standard InChI is InChI=1S/C10H15N3O4S/c1-7(2)5-11-18(16,17)8-6-12(3)10(15)13(4)9(8)14/h6,11H,1,5H2,2-4H3. The summed E-state index contributed by atoms with van der Waals surface area (Å²) in [5.74, 6) is 0. The number of rotatable bonds is 4. The van der Waals surface area contributed by atoms with E-state index in [-0.39, 0.29) is 6.54 Å². The van der Waals surface area contributed by atoms with E-state index < -0.39 is 26.2 Å². The van der Waals surface area contributed by atoms with Crippen molar-refractivity contribution in [1.82, 2.24) is 13.9 Å². The molecule has 0 aliphatic heterocycles. The summed E-state index contributed by atoms with van der Waals surface area (Å²) in [7, 11) is -1.35. The van der Waals surface area contributed by atoms with Crippen molar-refractivity contribution in [2.45, 2.75) is 11.8 Å². The normalized spacial score (nSPS) is 11.5. The Labute approximate surface area is 104 Å². The second-order valence-corrected chi connectivity index (χ2v) is 5.77. The monoisotopic (exact) mass is 273 g/mol. The van der Waals surface area contributed by atoms with E-state index in [2.05, 4.69) is 11.3 Å². The first-order valence-corrected chi connectivity index (χ1v) is 6.56. The maximum absolute atomic E-state index is 11.9. The Kier molecular flexibility index (Phi) is 3.92. The van der Waals surface area contributed by atoms with Gasteiger partial charge in [0.15, 0.2) is 4.90 Å². The van der Waals surface area contributed by atoms with Crippen LogP contribution in [0, 0.1) is 0 Å². The molecule has 0 fully saturated rings. The first-order valence-electron chi connectivity index (χ1n) is 5.07. The Morgan fingerprint density at radius 1 is 1.39 bits per heavy atom. The molecule has 0 bridgehead atoms. The second kappa shape index (κ2) is 4.91. The van der Waals surface area contributed by atoms with Crippen LogP contribution >= 0.6 is 0 Å². The SMILES string of the molecule is C=C(C)CNS(=O)(=O)c1cn(C)c(=O)n(C)c1=O. The van der Waals surface area contributed by atoms with Gasteiger partial charge in [0.1, 0.15) is 0 Å². The minimum atomic E-state index is -3.95. The highest BCUT2D eigenvalue weighted by atomic mass is 32.2. The molecule has 0 aliphatic carbocycles. The molecule has 1 aromatic rings. The van der Waals surface area contributed by atoms with Crippen molar-refractivity contribution in [3.8, 4) is 0 Å². The van der Waals surface area contributed by atoms with Crippen molar-refractivity contribution in [3.05, 3.63) is 39.2 Å². The number of nitrogens with one attached hydrogen (secondary N) is 1. The minimum absolute atomic E-state index is 0.0360. The molecule has 1 aromatic heterocycles. The molecule has 100 valence electrons. The van der Waals surface area contributed by atoms with Crippen LogP contribution in [-0.4, -0.2) is 24.1 Å². The van der Waals surface area contributed by atoms with Crippen molar-refractivity contribution in [3.63, 3.8) is 0 Å². The van der Waals surface area contributed by atoms with Gasteiger partial charge in [0.2, 0.25) is 10.0 Å². The maximum Gasteiger partial charge on any atom is 0.330 e. The van der Waals surface area contributed by atoms with Gasteiger partial charge in [-0.05, 0) is 6.92 Å². The zero-order valence-electron chi connectivity index (χ0n) is 10.4. The smallest absolute Gasteiger partial charge is 0.302 e. The van der Waals surface area contributed by atoms with E-state index in [1.54, 1.807) is 6.92 Å².